The Morgan fingerprint density at radius 2 is 2.08 bits per heavy atom. The van der Waals surface area contributed by atoms with E-state index in [0.29, 0.717) is 31.0 Å². The number of nitrogens with one attached hydrogen (secondary N) is 1. The maximum absolute atomic E-state index is 14.4. The molecule has 3 aliphatic rings. The third-order valence-corrected chi connectivity index (χ3v) is 10.5. The normalized spacial score (nSPS) is 32.9. The van der Waals surface area contributed by atoms with E-state index in [0.717, 1.165) is 43.6 Å². The number of hydrogen-bond acceptors (Lipinski definition) is 4. The van der Waals surface area contributed by atoms with Crippen molar-refractivity contribution in [3.8, 4) is 6.07 Å². The van der Waals surface area contributed by atoms with Gasteiger partial charge in [-0.25, -0.2) is 4.39 Å². The molecule has 1 unspecified atom stereocenters. The van der Waals surface area contributed by atoms with E-state index in [-0.39, 0.29) is 22.6 Å². The van der Waals surface area contributed by atoms with Gasteiger partial charge in [0.05, 0.1) is 29.4 Å². The highest BCUT2D eigenvalue weighted by Gasteiger charge is 2.56. The molecule has 0 spiro atoms. The number of carbonyl (C=O) groups is 1. The van der Waals surface area contributed by atoms with Crippen LogP contribution in [-0.2, 0) is 4.74 Å². The van der Waals surface area contributed by atoms with Crippen LogP contribution in [0.3, 0.4) is 0 Å². The Kier molecular flexibility index (Phi) is 9.20. The molecule has 3 saturated carbocycles. The summed E-state index contributed by atoms with van der Waals surface area (Å²) in [5.41, 5.74) is -0.299. The van der Waals surface area contributed by atoms with Gasteiger partial charge < -0.3 is 15.2 Å². The third kappa shape index (κ3) is 5.94. The second-order valence-corrected chi connectivity index (χ2v) is 12.8. The molecule has 2 N–H and O–H groups in total. The van der Waals surface area contributed by atoms with E-state index in [1.807, 2.05) is 13.0 Å². The Bertz CT molecular complexity index is 1020. The van der Waals surface area contributed by atoms with Crippen LogP contribution in [0.2, 0.25) is 0 Å². The van der Waals surface area contributed by atoms with E-state index >= 15 is 0 Å². The van der Waals surface area contributed by atoms with Gasteiger partial charge in [0.1, 0.15) is 5.82 Å². The average molecular weight is 527 g/mol. The molecule has 0 aromatic heterocycles. The Hall–Kier alpha value is -1.97. The van der Waals surface area contributed by atoms with E-state index in [4.69, 9.17) is 10.00 Å². The van der Waals surface area contributed by atoms with Crippen molar-refractivity contribution in [2.24, 2.45) is 35.0 Å². The van der Waals surface area contributed by atoms with Crippen LogP contribution in [0.15, 0.2) is 18.2 Å². The van der Waals surface area contributed by atoms with Crippen molar-refractivity contribution in [3.05, 3.63) is 35.1 Å². The van der Waals surface area contributed by atoms with Gasteiger partial charge in [-0.05, 0) is 118 Å². The first-order valence-corrected chi connectivity index (χ1v) is 14.9. The first-order chi connectivity index (χ1) is 18.1. The van der Waals surface area contributed by atoms with Gasteiger partial charge in [0, 0.05) is 12.6 Å². The topological polar surface area (TPSA) is 82.3 Å². The molecule has 38 heavy (non-hydrogen) atoms. The highest BCUT2D eigenvalue weighted by atomic mass is 19.1. The zero-order chi connectivity index (χ0) is 27.5. The quantitative estimate of drug-likeness (QED) is 0.358. The van der Waals surface area contributed by atoms with Crippen LogP contribution in [0.1, 0.15) is 108 Å². The number of amides is 1. The first kappa shape index (κ1) is 29.0. The van der Waals surface area contributed by atoms with Crippen molar-refractivity contribution in [1.29, 1.82) is 5.26 Å². The summed E-state index contributed by atoms with van der Waals surface area (Å²) >= 11 is 0. The zero-order valence-electron chi connectivity index (χ0n) is 23.8. The molecule has 0 saturated heterocycles. The molecule has 0 aliphatic heterocycles. The fourth-order valence-corrected chi connectivity index (χ4v) is 8.80. The van der Waals surface area contributed by atoms with Crippen molar-refractivity contribution in [2.75, 3.05) is 13.2 Å². The number of hydrogen-bond donors (Lipinski definition) is 2. The standard InChI is InChI=1S/C32H47FN2O3/c1-5-14-32(37,20-38-6-2)18-22-7-9-25-24(16-22)13-15-31(4)27(11-12-28(25)31)21(3)35-30(36)26-10-8-23(19-34)17-29(26)33/h8,10,17,21-22,24-25,27-28,37H,5-7,9,11-16,18,20H2,1-4H3,(H,35,36)/t21-,22+,24-,25-,27-,28+,31-,32?/m1/s1. The molecule has 1 amide bonds. The predicted molar refractivity (Wildman–Crippen MR) is 147 cm³/mol. The molecule has 0 radical (unpaired) electrons. The monoisotopic (exact) mass is 526 g/mol. The Morgan fingerprint density at radius 1 is 1.29 bits per heavy atom. The molecule has 8 atom stereocenters. The summed E-state index contributed by atoms with van der Waals surface area (Å²) in [5.74, 6) is 2.01. The smallest absolute Gasteiger partial charge is 0.254 e. The van der Waals surface area contributed by atoms with Crippen molar-refractivity contribution < 1.29 is 19.0 Å². The van der Waals surface area contributed by atoms with Crippen LogP contribution in [0.5, 0.6) is 0 Å². The van der Waals surface area contributed by atoms with Crippen molar-refractivity contribution in [2.45, 2.75) is 104 Å². The Labute approximate surface area is 228 Å². The van der Waals surface area contributed by atoms with Gasteiger partial charge in [-0.3, -0.25) is 4.79 Å². The summed E-state index contributed by atoms with van der Waals surface area (Å²) in [6.07, 6.45) is 10.9. The molecule has 1 aromatic carbocycles. The maximum atomic E-state index is 14.4. The highest BCUT2D eigenvalue weighted by Crippen LogP contribution is 2.63. The lowest BCUT2D eigenvalue weighted by atomic mass is 9.53. The second kappa shape index (κ2) is 12.0. The van der Waals surface area contributed by atoms with E-state index < -0.39 is 17.3 Å². The number of halogens is 1. The number of nitrogens with zero attached hydrogens (tertiary/aromatic N) is 1. The number of rotatable bonds is 10. The molecular weight excluding hydrogens is 479 g/mol. The summed E-state index contributed by atoms with van der Waals surface area (Å²) in [6.45, 7) is 9.72. The Balaban J connectivity index is 1.38. The van der Waals surface area contributed by atoms with Crippen molar-refractivity contribution >= 4 is 5.91 Å². The lowest BCUT2D eigenvalue weighted by molar-refractivity contribution is -0.0795. The minimum Gasteiger partial charge on any atom is -0.387 e. The lowest BCUT2D eigenvalue weighted by Gasteiger charge is -2.53. The summed E-state index contributed by atoms with van der Waals surface area (Å²) in [6, 6.07) is 5.91. The minimum absolute atomic E-state index is 0.00458. The summed E-state index contributed by atoms with van der Waals surface area (Å²) in [5, 5.41) is 23.4. The van der Waals surface area contributed by atoms with Crippen LogP contribution in [0, 0.1) is 52.2 Å². The van der Waals surface area contributed by atoms with E-state index in [1.165, 1.54) is 50.7 Å². The SMILES string of the molecule is CCCC(O)(COCC)C[C@H]1CC[C@@H]2[C@H](CC[C@]3(C)[C@@H]([C@@H](C)NC(=O)c4ccc(C#N)cc4F)CC[C@@H]23)C1. The number of ether oxygens (including phenoxy) is 1. The van der Waals surface area contributed by atoms with Gasteiger partial charge in [-0.2, -0.15) is 5.26 Å². The van der Waals surface area contributed by atoms with E-state index in [2.05, 4.69) is 26.1 Å². The maximum Gasteiger partial charge on any atom is 0.254 e. The number of fused-ring (bicyclic) bond motifs is 3. The van der Waals surface area contributed by atoms with Gasteiger partial charge in [-0.15, -0.1) is 0 Å². The minimum atomic E-state index is -0.702. The fourth-order valence-electron chi connectivity index (χ4n) is 8.80. The molecule has 3 aliphatic carbocycles. The Morgan fingerprint density at radius 3 is 2.76 bits per heavy atom. The third-order valence-electron chi connectivity index (χ3n) is 10.5. The molecule has 5 nitrogen and oxygen atoms in total. The van der Waals surface area contributed by atoms with Gasteiger partial charge >= 0.3 is 0 Å². The number of aliphatic hydroxyl groups is 1. The molecule has 210 valence electrons. The second-order valence-electron chi connectivity index (χ2n) is 12.8. The van der Waals surface area contributed by atoms with Crippen LogP contribution in [0.4, 0.5) is 4.39 Å². The number of nitriles is 1. The first-order valence-electron chi connectivity index (χ1n) is 14.9. The lowest BCUT2D eigenvalue weighted by Crippen LogP contribution is -2.49. The zero-order valence-corrected chi connectivity index (χ0v) is 23.8. The molecule has 1 aromatic rings. The summed E-state index contributed by atoms with van der Waals surface area (Å²) in [4.78, 5) is 12.9. The van der Waals surface area contributed by atoms with Crippen LogP contribution in [0.25, 0.3) is 0 Å². The summed E-state index contributed by atoms with van der Waals surface area (Å²) in [7, 11) is 0. The highest BCUT2D eigenvalue weighted by molar-refractivity contribution is 5.94. The summed E-state index contributed by atoms with van der Waals surface area (Å²) < 4.78 is 20.1. The molecule has 0 heterocycles. The fraction of sp³-hybridized carbons (Fsp3) is 0.750. The van der Waals surface area contributed by atoms with Crippen molar-refractivity contribution in [1.82, 2.24) is 5.32 Å². The van der Waals surface area contributed by atoms with E-state index in [1.54, 1.807) is 0 Å². The van der Waals surface area contributed by atoms with Crippen LogP contribution >= 0.6 is 0 Å². The molecule has 0 bridgehead atoms. The van der Waals surface area contributed by atoms with Gasteiger partial charge in [0.25, 0.3) is 5.91 Å². The van der Waals surface area contributed by atoms with Gasteiger partial charge in [0.15, 0.2) is 0 Å². The largest absolute Gasteiger partial charge is 0.387 e. The molecule has 4 rings (SSSR count). The predicted octanol–water partition coefficient (Wildman–Crippen LogP) is 6.63. The molecule has 6 heteroatoms. The van der Waals surface area contributed by atoms with Crippen molar-refractivity contribution in [3.63, 3.8) is 0 Å². The van der Waals surface area contributed by atoms with Crippen LogP contribution in [-0.4, -0.2) is 35.9 Å². The van der Waals surface area contributed by atoms with Crippen LogP contribution < -0.4 is 5.32 Å². The molecular formula is C32H47FN2O3. The number of benzene rings is 1. The van der Waals surface area contributed by atoms with E-state index in [9.17, 15) is 14.3 Å². The van der Waals surface area contributed by atoms with Gasteiger partial charge in [0.2, 0.25) is 0 Å². The molecule has 3 fully saturated rings. The average Bonchev–Trinajstić information content (AvgIpc) is 3.25. The van der Waals surface area contributed by atoms with Gasteiger partial charge in [-0.1, -0.05) is 26.7 Å². The number of carbonyl (C=O) groups excluding carboxylic acids is 1.